The van der Waals surface area contributed by atoms with Gasteiger partial charge in [0.1, 0.15) is 6.29 Å². The number of aryl methyl sites for hydroxylation is 1. The Bertz CT molecular complexity index is 267. The first kappa shape index (κ1) is 10.3. The second kappa shape index (κ2) is 5.02. The van der Waals surface area contributed by atoms with Crippen molar-refractivity contribution in [1.82, 2.24) is 10.2 Å². The maximum absolute atomic E-state index is 10.2. The van der Waals surface area contributed by atoms with E-state index in [9.17, 15) is 9.59 Å². The van der Waals surface area contributed by atoms with E-state index in [1.54, 1.807) is 0 Å². The zero-order valence-corrected chi connectivity index (χ0v) is 8.45. The molecule has 1 heterocycles. The quantitative estimate of drug-likeness (QED) is 0.675. The molecule has 0 aromatic carbocycles. The molecule has 0 aliphatic carbocycles. The van der Waals surface area contributed by atoms with E-state index in [1.165, 1.54) is 0 Å². The number of carbonyl (C=O) groups excluding carboxylic acids is 1. The van der Waals surface area contributed by atoms with Crippen molar-refractivity contribution in [2.24, 2.45) is 0 Å². The van der Waals surface area contributed by atoms with E-state index in [0.717, 1.165) is 6.29 Å². The minimum Gasteiger partial charge on any atom is -0.505 e. The topological polar surface area (TPSA) is 74.3 Å². The first-order chi connectivity index (χ1) is 4.83. The van der Waals surface area contributed by atoms with Gasteiger partial charge < -0.3 is 19.4 Å². The molecule has 0 saturated heterocycles. The second-order valence-corrected chi connectivity index (χ2v) is 1.67. The van der Waals surface area contributed by atoms with Crippen LogP contribution in [0.3, 0.4) is 0 Å². The van der Waals surface area contributed by atoms with Crippen molar-refractivity contribution in [3.63, 3.8) is 0 Å². The summed E-state index contributed by atoms with van der Waals surface area (Å²) in [5, 5.41) is 6.45. The molecule has 0 aliphatic rings. The summed E-state index contributed by atoms with van der Waals surface area (Å²) in [6.07, 6.45) is 1.38. The summed E-state index contributed by atoms with van der Waals surface area (Å²) < 4.78 is 4.45. The van der Waals surface area contributed by atoms with Crippen molar-refractivity contribution in [3.05, 3.63) is 16.4 Å². The smallest absolute Gasteiger partial charge is 0.253 e. The molecule has 0 amide bonds. The van der Waals surface area contributed by atoms with Gasteiger partial charge in [-0.3, -0.25) is 4.79 Å². The second-order valence-electron chi connectivity index (χ2n) is 1.67. The van der Waals surface area contributed by atoms with Crippen LogP contribution in [0.1, 0.15) is 12.3 Å². The Labute approximate surface area is 76.4 Å². The van der Waals surface area contributed by atoms with Gasteiger partial charge in [-0.25, -0.2) is 0 Å². The van der Waals surface area contributed by atoms with Crippen molar-refractivity contribution in [1.29, 1.82) is 0 Å². The van der Waals surface area contributed by atoms with Crippen LogP contribution in [0, 0.1) is 0 Å². The Balaban J connectivity index is 0.000001000. The number of rotatable bonds is 3. The Kier molecular flexibility index (Phi) is 4.70. The molecule has 6 heteroatoms. The molecule has 0 unspecified atom stereocenters. The SMILES string of the molecule is O=CCCc1n[n-]c(=O)o1.[W]. The van der Waals surface area contributed by atoms with Crippen LogP contribution in [0.15, 0.2) is 9.21 Å². The molecule has 1 aromatic heterocycles. The monoisotopic (exact) mass is 325 g/mol. The zero-order valence-electron chi connectivity index (χ0n) is 5.52. The van der Waals surface area contributed by atoms with Crippen molar-refractivity contribution < 1.29 is 30.3 Å². The van der Waals surface area contributed by atoms with Gasteiger partial charge in [-0.2, -0.15) is 0 Å². The normalized spacial score (nSPS) is 8.73. The van der Waals surface area contributed by atoms with Crippen LogP contribution in [0.4, 0.5) is 0 Å². The molecule has 0 bridgehead atoms. The molecule has 0 aliphatic heterocycles. The minimum absolute atomic E-state index is 0. The Morgan fingerprint density at radius 2 is 2.36 bits per heavy atom. The minimum atomic E-state index is -0.708. The van der Waals surface area contributed by atoms with Crippen LogP contribution < -0.4 is 10.9 Å². The molecule has 0 fully saturated rings. The molecule has 11 heavy (non-hydrogen) atoms. The van der Waals surface area contributed by atoms with Crippen molar-refractivity contribution >= 4 is 6.29 Å². The Hall–Kier alpha value is -0.702. The average molecular weight is 325 g/mol. The number of hydrogen-bond acceptors (Lipinski definition) is 4. The largest absolute Gasteiger partial charge is 0.505 e. The summed E-state index contributed by atoms with van der Waals surface area (Å²) in [4.78, 5) is 20.0. The Morgan fingerprint density at radius 3 is 2.82 bits per heavy atom. The number of nitrogens with zero attached hydrogens (tertiary/aromatic N) is 2. The maximum Gasteiger partial charge on any atom is 0.253 e. The van der Waals surface area contributed by atoms with E-state index in [-0.39, 0.29) is 27.0 Å². The molecule has 60 valence electrons. The number of aldehydes is 1. The summed E-state index contributed by atoms with van der Waals surface area (Å²) in [7, 11) is 0. The molecule has 1 aromatic rings. The summed E-state index contributed by atoms with van der Waals surface area (Å²) in [6, 6.07) is 0. The fourth-order valence-corrected chi connectivity index (χ4v) is 0.522. The van der Waals surface area contributed by atoms with Crippen LogP contribution in [0.25, 0.3) is 0 Å². The molecular formula is C5H5N2O3W-. The third-order valence-electron chi connectivity index (χ3n) is 0.924. The molecule has 0 radical (unpaired) electrons. The summed E-state index contributed by atoms with van der Waals surface area (Å²) in [6.45, 7) is 0. The van der Waals surface area contributed by atoms with Gasteiger partial charge in [0.2, 0.25) is 0 Å². The van der Waals surface area contributed by atoms with Gasteiger partial charge in [0, 0.05) is 33.9 Å². The molecular weight excluding hydrogens is 320 g/mol. The van der Waals surface area contributed by atoms with Crippen LogP contribution >= 0.6 is 0 Å². The molecule has 0 atom stereocenters. The van der Waals surface area contributed by atoms with Gasteiger partial charge in [0.15, 0.2) is 5.89 Å². The van der Waals surface area contributed by atoms with E-state index >= 15 is 0 Å². The van der Waals surface area contributed by atoms with Crippen LogP contribution in [0.2, 0.25) is 0 Å². The summed E-state index contributed by atoms with van der Waals surface area (Å²) >= 11 is 0. The van der Waals surface area contributed by atoms with Crippen LogP contribution in [-0.2, 0) is 32.3 Å². The predicted octanol–water partition coefficient (Wildman–Crippen LogP) is -0.879. The first-order valence-electron chi connectivity index (χ1n) is 2.76. The third kappa shape index (κ3) is 3.27. The zero-order chi connectivity index (χ0) is 7.40. The van der Waals surface area contributed by atoms with Gasteiger partial charge in [-0.05, 0) is 0 Å². The average Bonchev–Trinajstić information content (AvgIpc) is 2.31. The van der Waals surface area contributed by atoms with Gasteiger partial charge in [0.25, 0.3) is 5.76 Å². The third-order valence-corrected chi connectivity index (χ3v) is 0.924. The number of carbonyl (C=O) groups is 1. The molecule has 1 rings (SSSR count). The first-order valence-corrected chi connectivity index (χ1v) is 2.76. The summed E-state index contributed by atoms with van der Waals surface area (Å²) in [5.74, 6) is -0.488. The van der Waals surface area contributed by atoms with E-state index < -0.39 is 5.76 Å². The predicted molar refractivity (Wildman–Crippen MR) is 30.5 cm³/mol. The fourth-order valence-electron chi connectivity index (χ4n) is 0.522. The molecule has 5 nitrogen and oxygen atoms in total. The standard InChI is InChI=1S/C5H6N2O3.W/c8-3-1-2-4-6-7-5(9)10-4;/h3H,1-2H2,(H,7,9);/p-1. The van der Waals surface area contributed by atoms with Crippen molar-refractivity contribution in [3.8, 4) is 0 Å². The Morgan fingerprint density at radius 1 is 1.64 bits per heavy atom. The number of hydrogen-bond donors (Lipinski definition) is 0. The molecule has 0 N–H and O–H groups in total. The summed E-state index contributed by atoms with van der Waals surface area (Å²) in [5.41, 5.74) is 0. The van der Waals surface area contributed by atoms with Gasteiger partial charge in [-0.15, -0.1) is 0 Å². The van der Waals surface area contributed by atoms with Crippen LogP contribution in [0.5, 0.6) is 0 Å². The molecule has 0 saturated carbocycles. The van der Waals surface area contributed by atoms with Gasteiger partial charge in [0.05, 0.1) is 0 Å². The van der Waals surface area contributed by atoms with Crippen molar-refractivity contribution in [2.75, 3.05) is 0 Å². The maximum atomic E-state index is 10.2. The van der Waals surface area contributed by atoms with E-state index in [0.29, 0.717) is 12.8 Å². The molecule has 0 spiro atoms. The number of aromatic nitrogens is 2. The van der Waals surface area contributed by atoms with Gasteiger partial charge >= 0.3 is 0 Å². The van der Waals surface area contributed by atoms with Crippen LogP contribution in [-0.4, -0.2) is 11.4 Å². The van der Waals surface area contributed by atoms with E-state index in [4.69, 9.17) is 0 Å². The van der Waals surface area contributed by atoms with Crippen molar-refractivity contribution in [2.45, 2.75) is 12.8 Å². The van der Waals surface area contributed by atoms with E-state index in [1.807, 2.05) is 0 Å². The fraction of sp³-hybridized carbons (Fsp3) is 0.400. The van der Waals surface area contributed by atoms with Gasteiger partial charge in [-0.1, -0.05) is 0 Å². The van der Waals surface area contributed by atoms with E-state index in [2.05, 4.69) is 14.6 Å².